The van der Waals surface area contributed by atoms with Crippen molar-refractivity contribution in [3.8, 4) is 44.8 Å². The van der Waals surface area contributed by atoms with Crippen LogP contribution in [-0.2, 0) is 60.5 Å². The number of nitrogens with one attached hydrogen (secondary N) is 1. The summed E-state index contributed by atoms with van der Waals surface area (Å²) < 4.78 is 4.65. The number of carbonyl (C=O) groups is 1. The number of para-hydroxylation sites is 1. The zero-order valence-corrected chi connectivity index (χ0v) is 73.5. The van der Waals surface area contributed by atoms with Gasteiger partial charge in [-0.2, -0.15) is 18.2 Å². The summed E-state index contributed by atoms with van der Waals surface area (Å²) in [5.41, 5.74) is 41.7. The van der Waals surface area contributed by atoms with Crippen molar-refractivity contribution in [2.24, 2.45) is 5.84 Å². The fourth-order valence-corrected chi connectivity index (χ4v) is 15.4. The molecule has 15 heteroatoms. The first kappa shape index (κ1) is 81.9. The third kappa shape index (κ3) is 20.8. The normalized spacial score (nSPS) is 12.7. The number of hydrogen-bond donors (Lipinski definition) is 3. The molecule has 0 saturated heterocycles. The summed E-state index contributed by atoms with van der Waals surface area (Å²) in [4.78, 5) is 28.0. The predicted octanol–water partition coefficient (Wildman–Crippen LogP) is 25.5. The molecule has 4 aromatic heterocycles. The van der Waals surface area contributed by atoms with Crippen LogP contribution in [0.3, 0.4) is 0 Å². The van der Waals surface area contributed by atoms with E-state index in [1.165, 1.54) is 164 Å². The number of hydrogen-bond acceptors (Lipinski definition) is 7. The molecule has 13 aromatic rings. The van der Waals surface area contributed by atoms with Crippen LogP contribution < -0.4 is 22.0 Å². The van der Waals surface area contributed by atoms with Gasteiger partial charge >= 0.3 is 30.0 Å². The van der Waals surface area contributed by atoms with Crippen LogP contribution in [0.25, 0.3) is 72.1 Å². The molecule has 0 aliphatic heterocycles. The average Bonchev–Trinajstić information content (AvgIpc) is 1.64. The number of nitrogens with zero attached hydrogens (tertiary/aromatic N) is 4. The Bertz CT molecular complexity index is 5060. The molecule has 533 valence electrons. The average molecular weight is 1940 g/mol. The van der Waals surface area contributed by atoms with Crippen LogP contribution in [0, 0.1) is 47.7 Å². The molecule has 5 N–H and O–H groups in total. The molecule has 0 bridgehead atoms. The SMILES string of the molecule is Cc1ccc2c([n-]c3ccccc32)c1-c1ccccn1.Cc1ccc2c(c1-c1ccccn1)Cc1ccccc1-2.Cc1ccc2c(c1Br)CC1=C2CCCC1.Cc1ccc2c(c1Br)Cc1ccccc1-2.Cc1cccc(N)c1Br.Cc1cccc(NN)c1Br.O=C1CCCCC1.[Ir].[Zn+][Br].[c-]1ccccn1. The molecule has 0 spiro atoms. The number of rotatable bonds is 3. The van der Waals surface area contributed by atoms with Gasteiger partial charge in [0.2, 0.25) is 0 Å². The van der Waals surface area contributed by atoms with Crippen molar-refractivity contribution in [1.29, 1.82) is 0 Å². The second-order valence-electron chi connectivity index (χ2n) is 26.2. The molecule has 18 rings (SSSR count). The van der Waals surface area contributed by atoms with E-state index in [0.29, 0.717) is 5.78 Å². The first-order chi connectivity index (χ1) is 50.6. The number of aryl methyl sites for hydroxylation is 6. The van der Waals surface area contributed by atoms with E-state index in [0.717, 1.165) is 86.8 Å². The van der Waals surface area contributed by atoms with E-state index in [1.54, 1.807) is 29.0 Å². The number of allylic oxidation sites excluding steroid dienone is 2. The summed E-state index contributed by atoms with van der Waals surface area (Å²) in [7, 11) is 0. The largest absolute Gasteiger partial charge is 0.394 e. The van der Waals surface area contributed by atoms with Crippen molar-refractivity contribution >= 4 is 122 Å². The molecular formula is C90H85Br5IrN7OZn-. The Balaban J connectivity index is 0.000000142. The van der Waals surface area contributed by atoms with Gasteiger partial charge in [-0.25, -0.2) is 0 Å². The molecule has 0 atom stereocenters. The van der Waals surface area contributed by atoms with Gasteiger partial charge in [0.1, 0.15) is 5.78 Å². The number of benzene rings is 9. The first-order valence-corrected chi connectivity index (χ1v) is 45.3. The van der Waals surface area contributed by atoms with Gasteiger partial charge in [-0.3, -0.25) is 20.6 Å². The number of Topliss-reactive ketones (excluding diaryl/α,β-unsaturated/α-hetero) is 1. The van der Waals surface area contributed by atoms with Gasteiger partial charge in [0.15, 0.2) is 0 Å². The van der Waals surface area contributed by atoms with Crippen LogP contribution in [0.4, 0.5) is 11.4 Å². The van der Waals surface area contributed by atoms with E-state index in [4.69, 9.17) is 16.6 Å². The van der Waals surface area contributed by atoms with E-state index in [9.17, 15) is 4.79 Å². The number of carbonyl (C=O) groups excluding carboxylic acids is 1. The third-order valence-corrected chi connectivity index (χ3v) is 23.5. The Morgan fingerprint density at radius 3 is 1.50 bits per heavy atom. The fourth-order valence-electron chi connectivity index (χ4n) is 13.8. The molecule has 1 fully saturated rings. The van der Waals surface area contributed by atoms with Gasteiger partial charge in [0, 0.05) is 74.5 Å². The summed E-state index contributed by atoms with van der Waals surface area (Å²) >= 11 is 18.4. The van der Waals surface area contributed by atoms with Crippen LogP contribution in [0.15, 0.2) is 254 Å². The number of nitrogens with two attached hydrogens (primary N) is 2. The molecule has 1 saturated carbocycles. The van der Waals surface area contributed by atoms with Crippen LogP contribution in [0.1, 0.15) is 125 Å². The van der Waals surface area contributed by atoms with Crippen molar-refractivity contribution in [1.82, 2.24) is 19.9 Å². The zero-order valence-electron chi connectivity index (χ0n) is 60.2. The van der Waals surface area contributed by atoms with Gasteiger partial charge < -0.3 is 21.1 Å². The molecule has 4 heterocycles. The Morgan fingerprint density at radius 2 is 0.943 bits per heavy atom. The zero-order chi connectivity index (χ0) is 73.7. The monoisotopic (exact) mass is 1930 g/mol. The van der Waals surface area contributed by atoms with Crippen molar-refractivity contribution in [3.05, 3.63) is 327 Å². The van der Waals surface area contributed by atoms with E-state index >= 15 is 0 Å². The number of pyridine rings is 3. The maximum atomic E-state index is 10.5. The summed E-state index contributed by atoms with van der Waals surface area (Å²) in [6.45, 7) is 12.6. The summed E-state index contributed by atoms with van der Waals surface area (Å²) in [5, 5.41) is 2.41. The molecule has 5 aliphatic carbocycles. The number of hydrazine groups is 1. The number of fused-ring (bicyclic) bond motifs is 11. The molecule has 0 unspecified atom stereocenters. The molecule has 1 radical (unpaired) electrons. The topological polar surface area (TPSA) is 134 Å². The van der Waals surface area contributed by atoms with Crippen molar-refractivity contribution < 1.29 is 41.2 Å². The van der Waals surface area contributed by atoms with Crippen molar-refractivity contribution in [2.75, 3.05) is 11.2 Å². The fraction of sp³-hybridized carbons (Fsp3) is 0.200. The molecule has 9 aromatic carbocycles. The van der Waals surface area contributed by atoms with E-state index < -0.39 is 0 Å². The Kier molecular flexibility index (Phi) is 31.8. The molecule has 8 nitrogen and oxygen atoms in total. The second-order valence-corrected chi connectivity index (χ2v) is 29.4. The van der Waals surface area contributed by atoms with E-state index in [1.807, 2.05) is 105 Å². The second kappa shape index (κ2) is 40.7. The van der Waals surface area contributed by atoms with Crippen LogP contribution in [0.2, 0.25) is 0 Å². The van der Waals surface area contributed by atoms with E-state index in [2.05, 4.69) is 259 Å². The number of ketones is 1. The number of halogens is 5. The minimum atomic E-state index is 0. The van der Waals surface area contributed by atoms with Crippen LogP contribution in [-0.4, -0.2) is 20.7 Å². The van der Waals surface area contributed by atoms with Gasteiger partial charge in [0.25, 0.3) is 0 Å². The quantitative estimate of drug-likeness (QED) is 0.0524. The minimum Gasteiger partial charge on any atom is -0.394 e. The van der Waals surface area contributed by atoms with Crippen molar-refractivity contribution in [2.45, 2.75) is 119 Å². The van der Waals surface area contributed by atoms with Gasteiger partial charge in [0.05, 0.1) is 17.1 Å². The first-order valence-electron chi connectivity index (χ1n) is 35.2. The Morgan fingerprint density at radius 1 is 0.438 bits per heavy atom. The van der Waals surface area contributed by atoms with Gasteiger partial charge in [-0.1, -0.05) is 214 Å². The van der Waals surface area contributed by atoms with Crippen molar-refractivity contribution in [3.63, 3.8) is 0 Å². The van der Waals surface area contributed by atoms with E-state index in [-0.39, 0.29) is 20.1 Å². The summed E-state index contributed by atoms with van der Waals surface area (Å²) in [6.07, 6.45) is 22.0. The smallest absolute Gasteiger partial charge is 0.0813 e. The van der Waals surface area contributed by atoms with Gasteiger partial charge in [-0.15, -0.1) is 11.0 Å². The summed E-state index contributed by atoms with van der Waals surface area (Å²) in [6, 6.07) is 72.7. The molecular weight excluding hydrogens is 1850 g/mol. The Hall–Kier alpha value is -7.13. The molecule has 0 amide bonds. The maximum Gasteiger partial charge on any atom is -0.0813 e. The van der Waals surface area contributed by atoms with Crippen LogP contribution >= 0.6 is 77.3 Å². The molecule has 5 aliphatic rings. The number of anilines is 2. The molecule has 105 heavy (non-hydrogen) atoms. The third-order valence-electron chi connectivity index (χ3n) is 19.2. The summed E-state index contributed by atoms with van der Waals surface area (Å²) in [5.74, 6) is 5.70. The standard InChI is InChI=1S/C19H15N.C18H13N2.C14H15Br.C14H11Br.C7H9BrN2.C7H8BrN.C6H10O.C5H4N.BrH.Ir.Zn/c1-13-9-10-16-15-7-3-2-6-14(15)12-17(16)19(13)18-8-4-5-11-20-18;1-12-9-10-14-13-6-2-3-7-15(13)20-18(14)17(12)16-8-4-5-11-19-16;2*1-9-6-7-12-11-5-3-2-4-10(11)8-13(12)14(9)15;1-5-3-2-4-6(10-9)7(5)8;1-5-3-2-4-6(9)7(5)8;7-6-4-2-1-3-5-6;1-2-4-6-5-3-1;;;/h2-11H,12H2,1H3;2-11H,1H3;6-7H,2-5,8H2,1H3;2-7H,8H2,1H3;2-4,10H,9H2,1H3;2-4H,9H2,1H3;1-5H2;1-4H;1H;;/q;-1;;;;;;-1;;;+2/p-1. The Labute approximate surface area is 683 Å². The van der Waals surface area contributed by atoms with Gasteiger partial charge in [-0.05, 0) is 279 Å². The number of aromatic nitrogens is 4. The maximum absolute atomic E-state index is 10.5. The van der Waals surface area contributed by atoms with Crippen LogP contribution in [0.5, 0.6) is 0 Å². The predicted molar refractivity (Wildman–Crippen MR) is 451 cm³/mol. The minimum absolute atomic E-state index is 0. The number of nitrogen functional groups attached to an aromatic ring is 2.